The lowest BCUT2D eigenvalue weighted by Crippen LogP contribution is -2.37. The summed E-state index contributed by atoms with van der Waals surface area (Å²) < 4.78 is 27.5. The first-order valence-corrected chi connectivity index (χ1v) is 9.49. The Kier molecular flexibility index (Phi) is 6.27. The summed E-state index contributed by atoms with van der Waals surface area (Å²) in [6.07, 6.45) is 3.36. The van der Waals surface area contributed by atoms with Gasteiger partial charge in [-0.3, -0.25) is 9.78 Å². The number of nitrogens with one attached hydrogen (secondary N) is 1. The van der Waals surface area contributed by atoms with Gasteiger partial charge in [0.15, 0.2) is 0 Å². The van der Waals surface area contributed by atoms with Crippen molar-refractivity contribution >= 4 is 15.9 Å². The molecule has 0 bridgehead atoms. The first-order valence-electron chi connectivity index (χ1n) is 8.01. The highest BCUT2D eigenvalue weighted by Crippen LogP contribution is 2.16. The Hall–Kier alpha value is -2.25. The molecule has 134 valence electrons. The summed E-state index contributed by atoms with van der Waals surface area (Å²) in [5.74, 6) is -0.116. The Balaban J connectivity index is 2.00. The highest BCUT2D eigenvalue weighted by atomic mass is 32.2. The van der Waals surface area contributed by atoms with Crippen LogP contribution in [0.1, 0.15) is 23.6 Å². The SMILES string of the molecule is CC(=O)N(CCNS(=O)(=O)c1ccc(C)cc1C)Cc1cccnc1. The number of benzene rings is 1. The second-order valence-corrected chi connectivity index (χ2v) is 7.70. The predicted octanol–water partition coefficient (Wildman–Crippen LogP) is 2.03. The first kappa shape index (κ1) is 19.1. The van der Waals surface area contributed by atoms with Crippen molar-refractivity contribution in [1.82, 2.24) is 14.6 Å². The lowest BCUT2D eigenvalue weighted by Gasteiger charge is -2.21. The van der Waals surface area contributed by atoms with Crippen molar-refractivity contribution in [3.05, 3.63) is 59.4 Å². The van der Waals surface area contributed by atoms with Crippen molar-refractivity contribution in [2.24, 2.45) is 0 Å². The number of rotatable bonds is 7. The zero-order valence-electron chi connectivity index (χ0n) is 14.7. The molecule has 0 aliphatic carbocycles. The van der Waals surface area contributed by atoms with Crippen LogP contribution in [0.15, 0.2) is 47.6 Å². The zero-order chi connectivity index (χ0) is 18.4. The van der Waals surface area contributed by atoms with E-state index in [1.807, 2.05) is 19.1 Å². The van der Waals surface area contributed by atoms with Crippen molar-refractivity contribution in [1.29, 1.82) is 0 Å². The summed E-state index contributed by atoms with van der Waals surface area (Å²) in [7, 11) is -3.60. The second kappa shape index (κ2) is 8.22. The topological polar surface area (TPSA) is 79.4 Å². The number of sulfonamides is 1. The van der Waals surface area contributed by atoms with Crippen molar-refractivity contribution in [3.63, 3.8) is 0 Å². The minimum atomic E-state index is -3.60. The number of hydrogen-bond donors (Lipinski definition) is 1. The predicted molar refractivity (Wildman–Crippen MR) is 96.4 cm³/mol. The quantitative estimate of drug-likeness (QED) is 0.818. The summed E-state index contributed by atoms with van der Waals surface area (Å²) >= 11 is 0. The van der Waals surface area contributed by atoms with Crippen LogP contribution in [0.25, 0.3) is 0 Å². The fourth-order valence-corrected chi connectivity index (χ4v) is 3.80. The minimum absolute atomic E-state index is 0.116. The van der Waals surface area contributed by atoms with Gasteiger partial charge in [0.2, 0.25) is 15.9 Å². The van der Waals surface area contributed by atoms with E-state index in [2.05, 4.69) is 9.71 Å². The third kappa shape index (κ3) is 5.37. The minimum Gasteiger partial charge on any atom is -0.337 e. The van der Waals surface area contributed by atoms with Crippen molar-refractivity contribution in [2.45, 2.75) is 32.2 Å². The summed E-state index contributed by atoms with van der Waals surface area (Å²) in [6, 6.07) is 8.88. The van der Waals surface area contributed by atoms with Crippen LogP contribution < -0.4 is 4.72 Å². The van der Waals surface area contributed by atoms with Gasteiger partial charge in [0, 0.05) is 39.0 Å². The van der Waals surface area contributed by atoms with Crippen molar-refractivity contribution in [3.8, 4) is 0 Å². The maximum absolute atomic E-state index is 12.4. The Morgan fingerprint density at radius 3 is 2.60 bits per heavy atom. The van der Waals surface area contributed by atoms with E-state index in [9.17, 15) is 13.2 Å². The Morgan fingerprint density at radius 2 is 2.00 bits per heavy atom. The first-order chi connectivity index (χ1) is 11.8. The highest BCUT2D eigenvalue weighted by molar-refractivity contribution is 7.89. The van der Waals surface area contributed by atoms with Crippen LogP contribution in [0.3, 0.4) is 0 Å². The van der Waals surface area contributed by atoms with Gasteiger partial charge in [-0.25, -0.2) is 13.1 Å². The van der Waals surface area contributed by atoms with E-state index in [-0.39, 0.29) is 23.9 Å². The number of carbonyl (C=O) groups is 1. The van der Waals surface area contributed by atoms with Gasteiger partial charge >= 0.3 is 0 Å². The van der Waals surface area contributed by atoms with E-state index in [0.29, 0.717) is 12.1 Å². The lowest BCUT2D eigenvalue weighted by atomic mass is 10.2. The van der Waals surface area contributed by atoms with Gasteiger partial charge in [0.25, 0.3) is 0 Å². The van der Waals surface area contributed by atoms with Crippen molar-refractivity contribution in [2.75, 3.05) is 13.1 Å². The fraction of sp³-hybridized carbons (Fsp3) is 0.333. The molecule has 0 saturated heterocycles. The average molecular weight is 361 g/mol. The standard InChI is InChI=1S/C18H23N3O3S/c1-14-6-7-18(15(2)11-14)25(23,24)20-9-10-21(16(3)22)13-17-5-4-8-19-12-17/h4-8,11-12,20H,9-10,13H2,1-3H3. The zero-order valence-corrected chi connectivity index (χ0v) is 15.5. The molecule has 25 heavy (non-hydrogen) atoms. The molecule has 1 amide bonds. The van der Waals surface area contributed by atoms with Gasteiger partial charge in [-0.2, -0.15) is 0 Å². The van der Waals surface area contributed by atoms with Crippen LogP contribution in [-0.4, -0.2) is 37.3 Å². The normalized spacial score (nSPS) is 11.3. The van der Waals surface area contributed by atoms with E-state index in [0.717, 1.165) is 11.1 Å². The molecule has 0 aliphatic heterocycles. The van der Waals surface area contributed by atoms with Gasteiger partial charge in [-0.15, -0.1) is 0 Å². The monoisotopic (exact) mass is 361 g/mol. The molecule has 0 saturated carbocycles. The van der Waals surface area contributed by atoms with Crippen LogP contribution in [-0.2, 0) is 21.4 Å². The largest absolute Gasteiger partial charge is 0.337 e. The number of hydrogen-bond acceptors (Lipinski definition) is 4. The van der Waals surface area contributed by atoms with Crippen LogP contribution in [0.4, 0.5) is 0 Å². The average Bonchev–Trinajstić information content (AvgIpc) is 2.54. The maximum atomic E-state index is 12.4. The number of nitrogens with zero attached hydrogens (tertiary/aromatic N) is 2. The molecule has 0 spiro atoms. The number of aryl methyl sites for hydroxylation is 2. The van der Waals surface area contributed by atoms with E-state index >= 15 is 0 Å². The number of carbonyl (C=O) groups excluding carboxylic acids is 1. The molecule has 1 aromatic carbocycles. The summed E-state index contributed by atoms with van der Waals surface area (Å²) in [4.78, 5) is 17.7. The lowest BCUT2D eigenvalue weighted by molar-refractivity contribution is -0.129. The molecule has 0 radical (unpaired) electrons. The highest BCUT2D eigenvalue weighted by Gasteiger charge is 2.17. The van der Waals surface area contributed by atoms with Crippen molar-refractivity contribution < 1.29 is 13.2 Å². The second-order valence-electron chi connectivity index (χ2n) is 5.97. The van der Waals surface area contributed by atoms with E-state index < -0.39 is 10.0 Å². The van der Waals surface area contributed by atoms with Gasteiger partial charge in [-0.1, -0.05) is 23.8 Å². The summed E-state index contributed by atoms with van der Waals surface area (Å²) in [6.45, 7) is 5.99. The fourth-order valence-electron chi connectivity index (χ4n) is 2.55. The smallest absolute Gasteiger partial charge is 0.240 e. The molecule has 2 aromatic rings. The number of amides is 1. The molecule has 0 unspecified atom stereocenters. The van der Waals surface area contributed by atoms with Gasteiger partial charge in [0.05, 0.1) is 4.90 Å². The molecular weight excluding hydrogens is 338 g/mol. The molecule has 7 heteroatoms. The summed E-state index contributed by atoms with van der Waals surface area (Å²) in [5, 5.41) is 0. The molecule has 1 aromatic heterocycles. The third-order valence-electron chi connectivity index (χ3n) is 3.84. The van der Waals surface area contributed by atoms with Crippen LogP contribution in [0.2, 0.25) is 0 Å². The molecule has 0 atom stereocenters. The summed E-state index contributed by atoms with van der Waals surface area (Å²) in [5.41, 5.74) is 2.61. The Bertz CT molecular complexity index is 836. The van der Waals surface area contributed by atoms with E-state index in [4.69, 9.17) is 0 Å². The van der Waals surface area contributed by atoms with Crippen LogP contribution in [0, 0.1) is 13.8 Å². The van der Waals surface area contributed by atoms with Crippen LogP contribution >= 0.6 is 0 Å². The van der Waals surface area contributed by atoms with Gasteiger partial charge in [-0.05, 0) is 37.1 Å². The molecule has 2 rings (SSSR count). The Labute approximate surface area is 148 Å². The molecule has 1 heterocycles. The van der Waals surface area contributed by atoms with E-state index in [1.54, 1.807) is 42.4 Å². The third-order valence-corrected chi connectivity index (χ3v) is 5.46. The molecule has 0 fully saturated rings. The molecule has 0 aliphatic rings. The van der Waals surface area contributed by atoms with E-state index in [1.165, 1.54) is 6.92 Å². The number of pyridine rings is 1. The van der Waals surface area contributed by atoms with Gasteiger partial charge in [0.1, 0.15) is 0 Å². The molecule has 6 nitrogen and oxygen atoms in total. The molecular formula is C18H23N3O3S. The molecule has 1 N–H and O–H groups in total. The maximum Gasteiger partial charge on any atom is 0.240 e. The Morgan fingerprint density at radius 1 is 1.24 bits per heavy atom. The van der Waals surface area contributed by atoms with Crippen LogP contribution in [0.5, 0.6) is 0 Å². The number of aromatic nitrogens is 1. The van der Waals surface area contributed by atoms with Gasteiger partial charge < -0.3 is 4.90 Å².